The molecule has 0 atom stereocenters. The molecule has 6 heteroatoms. The highest BCUT2D eigenvalue weighted by Crippen LogP contribution is 2.22. The molecule has 2 aromatic carbocycles. The number of ketones is 1. The zero-order chi connectivity index (χ0) is 19.2. The molecule has 1 aliphatic heterocycles. The lowest BCUT2D eigenvalue weighted by Gasteiger charge is -2.30. The van der Waals surface area contributed by atoms with E-state index < -0.39 is 4.92 Å². The van der Waals surface area contributed by atoms with Gasteiger partial charge in [0.1, 0.15) is 5.82 Å². The number of non-ortho nitro benzene ring substituents is 1. The zero-order valence-electron chi connectivity index (χ0n) is 14.9. The van der Waals surface area contributed by atoms with E-state index in [9.17, 15) is 19.3 Å². The van der Waals surface area contributed by atoms with Crippen molar-refractivity contribution < 1.29 is 14.1 Å². The third-order valence-corrected chi connectivity index (χ3v) is 4.86. The molecule has 1 aliphatic rings. The van der Waals surface area contributed by atoms with Crippen molar-refractivity contribution in [1.82, 2.24) is 4.90 Å². The van der Waals surface area contributed by atoms with E-state index in [1.165, 1.54) is 24.3 Å². The molecule has 0 spiro atoms. The number of hydrogen-bond acceptors (Lipinski definition) is 4. The topological polar surface area (TPSA) is 63.5 Å². The Hall–Kier alpha value is -2.86. The molecular weight excluding hydrogens is 347 g/mol. The summed E-state index contributed by atoms with van der Waals surface area (Å²) in [5, 5.41) is 10.7. The molecule has 140 valence electrons. The van der Waals surface area contributed by atoms with Crippen LogP contribution in [0.4, 0.5) is 10.1 Å². The molecule has 3 rings (SSSR count). The van der Waals surface area contributed by atoms with Crippen LogP contribution in [0, 0.1) is 21.8 Å². The van der Waals surface area contributed by atoms with Crippen LogP contribution in [0.5, 0.6) is 0 Å². The monoisotopic (exact) mass is 368 g/mol. The summed E-state index contributed by atoms with van der Waals surface area (Å²) < 4.78 is 13.0. The molecule has 5 nitrogen and oxygen atoms in total. The average molecular weight is 368 g/mol. The first-order valence-electron chi connectivity index (χ1n) is 8.96. The van der Waals surface area contributed by atoms with Gasteiger partial charge >= 0.3 is 0 Å². The number of benzene rings is 2. The van der Waals surface area contributed by atoms with Crippen molar-refractivity contribution in [2.75, 3.05) is 19.6 Å². The maximum atomic E-state index is 13.0. The van der Waals surface area contributed by atoms with Crippen LogP contribution in [0.15, 0.2) is 54.6 Å². The second-order valence-electron chi connectivity index (χ2n) is 6.70. The Bertz CT molecular complexity index is 824. The van der Waals surface area contributed by atoms with Gasteiger partial charge in [0.25, 0.3) is 5.69 Å². The fourth-order valence-electron chi connectivity index (χ4n) is 3.27. The maximum absolute atomic E-state index is 13.0. The molecule has 1 heterocycles. The van der Waals surface area contributed by atoms with E-state index in [0.29, 0.717) is 5.56 Å². The molecule has 0 radical (unpaired) electrons. The third-order valence-electron chi connectivity index (χ3n) is 4.86. The Kier molecular flexibility index (Phi) is 6.08. The number of nitrogens with zero attached hydrogens (tertiary/aromatic N) is 2. The third kappa shape index (κ3) is 5.08. The number of rotatable bonds is 6. The van der Waals surface area contributed by atoms with Crippen LogP contribution >= 0.6 is 0 Å². The van der Waals surface area contributed by atoms with Gasteiger partial charge in [-0.3, -0.25) is 19.8 Å². The van der Waals surface area contributed by atoms with E-state index >= 15 is 0 Å². The van der Waals surface area contributed by atoms with E-state index in [-0.39, 0.29) is 23.2 Å². The predicted octanol–water partition coefficient (Wildman–Crippen LogP) is 4.34. The van der Waals surface area contributed by atoms with Crippen molar-refractivity contribution in [3.8, 4) is 0 Å². The number of piperidine rings is 1. The van der Waals surface area contributed by atoms with Gasteiger partial charge < -0.3 is 0 Å². The standard InChI is InChI=1S/C21H21FN2O3/c22-19-7-5-17(6-8-19)21(25)18-11-14-23(15-12-18)13-1-2-16-3-9-20(10-4-16)24(26)27/h1-10,18H,11-15H2/b2-1+. The van der Waals surface area contributed by atoms with Gasteiger partial charge in [-0.2, -0.15) is 0 Å². The highest BCUT2D eigenvalue weighted by Gasteiger charge is 2.25. The van der Waals surface area contributed by atoms with Crippen molar-refractivity contribution in [1.29, 1.82) is 0 Å². The summed E-state index contributed by atoms with van der Waals surface area (Å²) in [7, 11) is 0. The van der Waals surface area contributed by atoms with Crippen molar-refractivity contribution in [3.63, 3.8) is 0 Å². The molecule has 0 N–H and O–H groups in total. The van der Waals surface area contributed by atoms with Gasteiger partial charge in [0.05, 0.1) is 4.92 Å². The zero-order valence-corrected chi connectivity index (χ0v) is 14.9. The number of hydrogen-bond donors (Lipinski definition) is 0. The highest BCUT2D eigenvalue weighted by molar-refractivity contribution is 5.97. The van der Waals surface area contributed by atoms with Crippen molar-refractivity contribution in [2.24, 2.45) is 5.92 Å². The number of carbonyl (C=O) groups is 1. The summed E-state index contributed by atoms with van der Waals surface area (Å²) in [6, 6.07) is 12.2. The van der Waals surface area contributed by atoms with Crippen LogP contribution in [-0.4, -0.2) is 35.2 Å². The Balaban J connectivity index is 1.47. The van der Waals surface area contributed by atoms with E-state index in [2.05, 4.69) is 4.90 Å². The van der Waals surface area contributed by atoms with Crippen LogP contribution in [-0.2, 0) is 0 Å². The number of carbonyl (C=O) groups excluding carboxylic acids is 1. The van der Waals surface area contributed by atoms with Crippen LogP contribution < -0.4 is 0 Å². The Morgan fingerprint density at radius 2 is 1.74 bits per heavy atom. The normalized spacial score (nSPS) is 15.9. The van der Waals surface area contributed by atoms with E-state index in [1.54, 1.807) is 24.3 Å². The fourth-order valence-corrected chi connectivity index (χ4v) is 3.27. The van der Waals surface area contributed by atoms with Gasteiger partial charge in [0, 0.05) is 30.2 Å². The smallest absolute Gasteiger partial charge is 0.269 e. The van der Waals surface area contributed by atoms with Gasteiger partial charge in [-0.15, -0.1) is 0 Å². The SMILES string of the molecule is O=C(c1ccc(F)cc1)C1CCN(C/C=C/c2ccc([N+](=O)[O-])cc2)CC1. The Labute approximate surface area is 157 Å². The molecule has 0 amide bonds. The molecule has 0 aliphatic carbocycles. The molecule has 0 saturated carbocycles. The Morgan fingerprint density at radius 3 is 2.33 bits per heavy atom. The summed E-state index contributed by atoms with van der Waals surface area (Å²) >= 11 is 0. The lowest BCUT2D eigenvalue weighted by molar-refractivity contribution is -0.384. The van der Waals surface area contributed by atoms with Gasteiger partial charge in [-0.05, 0) is 67.9 Å². The van der Waals surface area contributed by atoms with Crippen molar-refractivity contribution in [3.05, 3.63) is 81.7 Å². The van der Waals surface area contributed by atoms with Crippen LogP contribution in [0.3, 0.4) is 0 Å². The highest BCUT2D eigenvalue weighted by atomic mass is 19.1. The molecule has 1 fully saturated rings. The molecule has 0 bridgehead atoms. The van der Waals surface area contributed by atoms with Crippen LogP contribution in [0.25, 0.3) is 6.08 Å². The van der Waals surface area contributed by atoms with Gasteiger partial charge in [0.15, 0.2) is 5.78 Å². The van der Waals surface area contributed by atoms with E-state index in [0.717, 1.165) is 38.0 Å². The second kappa shape index (κ2) is 8.68. The molecule has 2 aromatic rings. The van der Waals surface area contributed by atoms with E-state index in [4.69, 9.17) is 0 Å². The van der Waals surface area contributed by atoms with Gasteiger partial charge in [0.2, 0.25) is 0 Å². The number of halogens is 1. The first kappa shape index (κ1) is 18.9. The minimum atomic E-state index is -0.412. The van der Waals surface area contributed by atoms with Gasteiger partial charge in [-0.1, -0.05) is 12.2 Å². The van der Waals surface area contributed by atoms with Crippen LogP contribution in [0.1, 0.15) is 28.8 Å². The average Bonchev–Trinajstić information content (AvgIpc) is 2.69. The first-order chi connectivity index (χ1) is 13.0. The lowest BCUT2D eigenvalue weighted by Crippen LogP contribution is -2.36. The largest absolute Gasteiger partial charge is 0.300 e. The number of Topliss-reactive ketones (excluding diaryl/α,β-unsaturated/α-hetero) is 1. The van der Waals surface area contributed by atoms with E-state index in [1.807, 2.05) is 12.2 Å². The summed E-state index contributed by atoms with van der Waals surface area (Å²) in [5.41, 5.74) is 1.58. The fraction of sp³-hybridized carbons (Fsp3) is 0.286. The maximum Gasteiger partial charge on any atom is 0.269 e. The predicted molar refractivity (Wildman–Crippen MR) is 102 cm³/mol. The van der Waals surface area contributed by atoms with Crippen LogP contribution in [0.2, 0.25) is 0 Å². The Morgan fingerprint density at radius 1 is 1.11 bits per heavy atom. The number of nitro benzene ring substituents is 1. The lowest BCUT2D eigenvalue weighted by atomic mass is 9.89. The van der Waals surface area contributed by atoms with Crippen molar-refractivity contribution in [2.45, 2.75) is 12.8 Å². The summed E-state index contributed by atoms with van der Waals surface area (Å²) in [4.78, 5) is 25.0. The summed E-state index contributed by atoms with van der Waals surface area (Å²) in [6.45, 7) is 2.44. The number of likely N-dealkylation sites (tertiary alicyclic amines) is 1. The van der Waals surface area contributed by atoms with Gasteiger partial charge in [-0.25, -0.2) is 4.39 Å². The summed E-state index contributed by atoms with van der Waals surface area (Å²) in [6.07, 6.45) is 5.56. The molecule has 27 heavy (non-hydrogen) atoms. The molecule has 1 saturated heterocycles. The summed E-state index contributed by atoms with van der Waals surface area (Å²) in [5.74, 6) is -0.248. The minimum absolute atomic E-state index is 0.00892. The molecule has 0 unspecified atom stereocenters. The molecular formula is C21H21FN2O3. The quantitative estimate of drug-likeness (QED) is 0.432. The minimum Gasteiger partial charge on any atom is -0.300 e. The van der Waals surface area contributed by atoms with Crippen molar-refractivity contribution >= 4 is 17.5 Å². The molecule has 0 aromatic heterocycles. The second-order valence-corrected chi connectivity index (χ2v) is 6.70. The number of nitro groups is 1. The first-order valence-corrected chi connectivity index (χ1v) is 8.96.